The van der Waals surface area contributed by atoms with Crippen LogP contribution < -0.4 is 16.2 Å². The summed E-state index contributed by atoms with van der Waals surface area (Å²) in [7, 11) is 0. The van der Waals surface area contributed by atoms with Crippen molar-refractivity contribution < 1.29 is 14.0 Å². The van der Waals surface area contributed by atoms with Crippen LogP contribution in [0.25, 0.3) is 0 Å². The third-order valence-corrected chi connectivity index (χ3v) is 4.15. The third kappa shape index (κ3) is 3.76. The molecule has 2 N–H and O–H groups in total. The van der Waals surface area contributed by atoms with Crippen LogP contribution in [-0.4, -0.2) is 29.0 Å². The second-order valence-corrected chi connectivity index (χ2v) is 5.91. The van der Waals surface area contributed by atoms with Gasteiger partial charge in [-0.25, -0.2) is 4.39 Å². The lowest BCUT2D eigenvalue weighted by atomic mass is 10.1. The Morgan fingerprint density at radius 2 is 2.04 bits per heavy atom. The molecule has 25 heavy (non-hydrogen) atoms. The van der Waals surface area contributed by atoms with Crippen molar-refractivity contribution in [2.75, 3.05) is 6.54 Å². The number of carbonyl (C=O) groups is 2. The summed E-state index contributed by atoms with van der Waals surface area (Å²) in [5.74, 6) is -1.26. The Balaban J connectivity index is 1.81. The Morgan fingerprint density at radius 3 is 2.80 bits per heavy atom. The second kappa shape index (κ2) is 7.29. The smallest absolute Gasteiger partial charge is 0.263 e. The van der Waals surface area contributed by atoms with Crippen molar-refractivity contribution in [3.05, 3.63) is 69.9 Å². The lowest BCUT2D eigenvalue weighted by molar-refractivity contribution is -0.124. The first-order chi connectivity index (χ1) is 12.1. The van der Waals surface area contributed by atoms with Crippen LogP contribution in [0.5, 0.6) is 0 Å². The Hall–Kier alpha value is -2.96. The number of pyridine rings is 1. The van der Waals surface area contributed by atoms with Crippen LogP contribution in [-0.2, 0) is 11.3 Å². The largest absolute Gasteiger partial charge is 0.354 e. The zero-order chi connectivity index (χ0) is 17.8. The van der Waals surface area contributed by atoms with Crippen molar-refractivity contribution >= 4 is 11.8 Å². The molecule has 7 heteroatoms. The highest BCUT2D eigenvalue weighted by Crippen LogP contribution is 2.08. The summed E-state index contributed by atoms with van der Waals surface area (Å²) in [5, 5.41) is 5.26. The summed E-state index contributed by atoms with van der Waals surface area (Å²) in [6.07, 6.45) is 2.80. The van der Waals surface area contributed by atoms with Gasteiger partial charge in [0.25, 0.3) is 11.5 Å². The monoisotopic (exact) mass is 343 g/mol. The highest BCUT2D eigenvalue weighted by Gasteiger charge is 2.25. The van der Waals surface area contributed by atoms with Gasteiger partial charge in [0.2, 0.25) is 5.91 Å². The second-order valence-electron chi connectivity index (χ2n) is 5.91. The number of piperidine rings is 1. The van der Waals surface area contributed by atoms with Crippen LogP contribution in [0.4, 0.5) is 4.39 Å². The Bertz CT molecular complexity index is 863. The average molecular weight is 343 g/mol. The number of benzene rings is 1. The van der Waals surface area contributed by atoms with E-state index in [-0.39, 0.29) is 18.0 Å². The zero-order valence-electron chi connectivity index (χ0n) is 13.5. The molecule has 2 amide bonds. The lowest BCUT2D eigenvalue weighted by Gasteiger charge is -2.22. The predicted octanol–water partition coefficient (Wildman–Crippen LogP) is 1.04. The van der Waals surface area contributed by atoms with Crippen molar-refractivity contribution in [1.82, 2.24) is 15.2 Å². The molecule has 1 aromatic carbocycles. The maximum absolute atomic E-state index is 13.8. The minimum absolute atomic E-state index is 0.0243. The molecule has 2 aromatic rings. The normalized spacial score (nSPS) is 17.0. The van der Waals surface area contributed by atoms with Crippen molar-refractivity contribution in [1.29, 1.82) is 0 Å². The van der Waals surface area contributed by atoms with E-state index in [0.717, 1.165) is 6.42 Å². The fourth-order valence-corrected chi connectivity index (χ4v) is 2.79. The van der Waals surface area contributed by atoms with Crippen LogP contribution >= 0.6 is 0 Å². The van der Waals surface area contributed by atoms with Gasteiger partial charge in [0, 0.05) is 18.3 Å². The van der Waals surface area contributed by atoms with Crippen LogP contribution in [0, 0.1) is 5.82 Å². The Kier molecular flexibility index (Phi) is 4.92. The van der Waals surface area contributed by atoms with E-state index in [0.29, 0.717) is 18.5 Å². The fourth-order valence-electron chi connectivity index (χ4n) is 2.79. The Morgan fingerprint density at radius 1 is 1.24 bits per heavy atom. The maximum atomic E-state index is 13.8. The first kappa shape index (κ1) is 16.9. The molecule has 1 aliphatic heterocycles. The van der Waals surface area contributed by atoms with Crippen molar-refractivity contribution in [2.45, 2.75) is 25.4 Å². The summed E-state index contributed by atoms with van der Waals surface area (Å²) in [6.45, 7) is 0.614. The van der Waals surface area contributed by atoms with Gasteiger partial charge in [-0.05, 0) is 31.0 Å². The van der Waals surface area contributed by atoms with Gasteiger partial charge in [-0.2, -0.15) is 0 Å². The van der Waals surface area contributed by atoms with Gasteiger partial charge in [0.05, 0.1) is 6.54 Å². The number of amides is 2. The van der Waals surface area contributed by atoms with E-state index in [2.05, 4.69) is 10.6 Å². The van der Waals surface area contributed by atoms with Crippen molar-refractivity contribution in [3.8, 4) is 0 Å². The number of nitrogens with zero attached hydrogens (tertiary/aromatic N) is 1. The number of rotatable bonds is 4. The van der Waals surface area contributed by atoms with E-state index in [1.807, 2.05) is 0 Å². The highest BCUT2D eigenvalue weighted by molar-refractivity contribution is 5.97. The first-order valence-electron chi connectivity index (χ1n) is 8.07. The fraction of sp³-hybridized carbons (Fsp3) is 0.278. The number of hydrogen-bond acceptors (Lipinski definition) is 3. The molecule has 0 aliphatic carbocycles. The van der Waals surface area contributed by atoms with Gasteiger partial charge in [-0.3, -0.25) is 14.4 Å². The number of aromatic nitrogens is 1. The minimum Gasteiger partial charge on any atom is -0.354 e. The van der Waals surface area contributed by atoms with Crippen LogP contribution in [0.3, 0.4) is 0 Å². The van der Waals surface area contributed by atoms with Crippen LogP contribution in [0.2, 0.25) is 0 Å². The molecule has 0 radical (unpaired) electrons. The first-order valence-corrected chi connectivity index (χ1v) is 8.07. The molecule has 1 aliphatic rings. The number of hydrogen-bond donors (Lipinski definition) is 2. The van der Waals surface area contributed by atoms with E-state index in [9.17, 15) is 18.8 Å². The molecule has 2 heterocycles. The molecule has 3 rings (SSSR count). The summed E-state index contributed by atoms with van der Waals surface area (Å²) in [6, 6.07) is 8.47. The number of halogens is 1. The molecule has 0 saturated carbocycles. The summed E-state index contributed by atoms with van der Waals surface area (Å²) < 4.78 is 15.1. The topological polar surface area (TPSA) is 80.2 Å². The molecule has 1 fully saturated rings. The van der Waals surface area contributed by atoms with E-state index in [1.165, 1.54) is 22.9 Å². The van der Waals surface area contributed by atoms with Crippen molar-refractivity contribution in [2.24, 2.45) is 0 Å². The molecule has 1 atom stereocenters. The quantitative estimate of drug-likeness (QED) is 0.871. The molecule has 130 valence electrons. The zero-order valence-corrected chi connectivity index (χ0v) is 13.5. The van der Waals surface area contributed by atoms with Gasteiger partial charge < -0.3 is 15.2 Å². The van der Waals surface area contributed by atoms with Gasteiger partial charge in [0.15, 0.2) is 0 Å². The lowest BCUT2D eigenvalue weighted by Crippen LogP contribution is -2.51. The van der Waals surface area contributed by atoms with Gasteiger partial charge in [-0.1, -0.05) is 18.2 Å². The molecular formula is C18H18FN3O3. The van der Waals surface area contributed by atoms with E-state index >= 15 is 0 Å². The SMILES string of the molecule is O=C(NC1CCCNC1=O)c1cccn(Cc2ccccc2F)c1=O. The number of nitrogens with one attached hydrogen (secondary N) is 2. The van der Waals surface area contributed by atoms with Crippen LogP contribution in [0.1, 0.15) is 28.8 Å². The average Bonchev–Trinajstić information content (AvgIpc) is 2.60. The molecular weight excluding hydrogens is 325 g/mol. The predicted molar refractivity (Wildman–Crippen MR) is 89.7 cm³/mol. The molecule has 0 bridgehead atoms. The molecule has 1 saturated heterocycles. The summed E-state index contributed by atoms with van der Waals surface area (Å²) in [5.41, 5.74) is -0.245. The highest BCUT2D eigenvalue weighted by atomic mass is 19.1. The van der Waals surface area contributed by atoms with E-state index < -0.39 is 23.3 Å². The minimum atomic E-state index is -0.638. The molecule has 1 aromatic heterocycles. The maximum Gasteiger partial charge on any atom is 0.263 e. The standard InChI is InChI=1S/C18H18FN3O3/c19-14-7-2-1-5-12(14)11-22-10-4-6-13(18(22)25)16(23)21-15-8-3-9-20-17(15)24/h1-2,4-7,10,15H,3,8-9,11H2,(H,20,24)(H,21,23). The van der Waals surface area contributed by atoms with E-state index in [1.54, 1.807) is 24.3 Å². The van der Waals surface area contributed by atoms with Crippen LogP contribution in [0.15, 0.2) is 47.4 Å². The van der Waals surface area contributed by atoms with Gasteiger partial charge >= 0.3 is 0 Å². The van der Waals surface area contributed by atoms with Crippen molar-refractivity contribution in [3.63, 3.8) is 0 Å². The molecule has 1 unspecified atom stereocenters. The van der Waals surface area contributed by atoms with E-state index in [4.69, 9.17) is 0 Å². The summed E-state index contributed by atoms with van der Waals surface area (Å²) in [4.78, 5) is 36.6. The Labute approximate surface area is 143 Å². The molecule has 6 nitrogen and oxygen atoms in total. The van der Waals surface area contributed by atoms with Gasteiger partial charge in [-0.15, -0.1) is 0 Å². The summed E-state index contributed by atoms with van der Waals surface area (Å²) >= 11 is 0. The number of carbonyl (C=O) groups excluding carboxylic acids is 2. The third-order valence-electron chi connectivity index (χ3n) is 4.15. The molecule has 0 spiro atoms. The van der Waals surface area contributed by atoms with Gasteiger partial charge in [0.1, 0.15) is 17.4 Å².